The van der Waals surface area contributed by atoms with E-state index in [1.165, 1.54) is 51.5 Å². The molecule has 0 spiro atoms. The molecule has 4 rings (SSSR count). The summed E-state index contributed by atoms with van der Waals surface area (Å²) in [4.78, 5) is 16.9. The Labute approximate surface area is 206 Å². The SMILES string of the molecule is C=C1NC(=O)CCC1C(=N)C1=CCC(C)(N2CCN(CCCC3CCCCC3)CC2)C=C1NC. The Bertz CT molecular complexity index is 832. The molecule has 2 saturated heterocycles. The number of rotatable bonds is 8. The summed E-state index contributed by atoms with van der Waals surface area (Å²) in [7, 11) is 1.94. The molecule has 34 heavy (non-hydrogen) atoms. The van der Waals surface area contributed by atoms with Gasteiger partial charge in [-0.3, -0.25) is 9.69 Å². The molecule has 1 amide bonds. The van der Waals surface area contributed by atoms with E-state index in [9.17, 15) is 4.79 Å². The van der Waals surface area contributed by atoms with Crippen LogP contribution in [0.2, 0.25) is 0 Å². The van der Waals surface area contributed by atoms with Gasteiger partial charge in [-0.25, -0.2) is 0 Å². The van der Waals surface area contributed by atoms with E-state index in [1.807, 2.05) is 7.05 Å². The van der Waals surface area contributed by atoms with Gasteiger partial charge >= 0.3 is 0 Å². The Morgan fingerprint density at radius 1 is 1.21 bits per heavy atom. The first-order valence-corrected chi connectivity index (χ1v) is 13.6. The van der Waals surface area contributed by atoms with E-state index in [1.54, 1.807) is 0 Å². The summed E-state index contributed by atoms with van der Waals surface area (Å²) in [5, 5.41) is 15.1. The molecule has 6 heteroatoms. The van der Waals surface area contributed by atoms with Crippen molar-refractivity contribution in [3.8, 4) is 0 Å². The van der Waals surface area contributed by atoms with Gasteiger partial charge in [0.15, 0.2) is 0 Å². The molecule has 0 aromatic carbocycles. The fourth-order valence-corrected chi connectivity index (χ4v) is 6.39. The summed E-state index contributed by atoms with van der Waals surface area (Å²) in [6.07, 6.45) is 16.6. The zero-order chi connectivity index (χ0) is 24.1. The summed E-state index contributed by atoms with van der Waals surface area (Å²) in [6, 6.07) is 0. The van der Waals surface area contributed by atoms with Crippen LogP contribution < -0.4 is 10.6 Å². The highest BCUT2D eigenvalue weighted by Gasteiger charge is 2.36. The van der Waals surface area contributed by atoms with Crippen LogP contribution in [-0.2, 0) is 4.79 Å². The van der Waals surface area contributed by atoms with Crippen molar-refractivity contribution in [3.05, 3.63) is 35.7 Å². The molecule has 2 heterocycles. The smallest absolute Gasteiger partial charge is 0.224 e. The number of hydrogen-bond acceptors (Lipinski definition) is 5. The van der Waals surface area contributed by atoms with Gasteiger partial charge in [-0.2, -0.15) is 0 Å². The quantitative estimate of drug-likeness (QED) is 0.468. The number of nitrogens with one attached hydrogen (secondary N) is 3. The molecular weight excluding hydrogens is 422 g/mol. The van der Waals surface area contributed by atoms with Crippen molar-refractivity contribution in [2.75, 3.05) is 39.8 Å². The van der Waals surface area contributed by atoms with Gasteiger partial charge in [0.1, 0.15) is 0 Å². The van der Waals surface area contributed by atoms with Gasteiger partial charge in [0.05, 0.1) is 0 Å². The van der Waals surface area contributed by atoms with E-state index in [2.05, 4.69) is 46.1 Å². The van der Waals surface area contributed by atoms with E-state index >= 15 is 0 Å². The van der Waals surface area contributed by atoms with Crippen molar-refractivity contribution >= 4 is 11.6 Å². The lowest BCUT2D eigenvalue weighted by Gasteiger charge is -2.46. The van der Waals surface area contributed by atoms with Crippen LogP contribution in [0.1, 0.15) is 71.1 Å². The maximum absolute atomic E-state index is 11.7. The minimum atomic E-state index is -0.109. The second kappa shape index (κ2) is 11.2. The molecule has 2 unspecified atom stereocenters. The van der Waals surface area contributed by atoms with Crippen LogP contribution in [0.3, 0.4) is 0 Å². The highest BCUT2D eigenvalue weighted by atomic mass is 16.1. The fraction of sp³-hybridized carbons (Fsp3) is 0.714. The first-order valence-electron chi connectivity index (χ1n) is 13.6. The van der Waals surface area contributed by atoms with E-state index in [-0.39, 0.29) is 17.4 Å². The number of likely N-dealkylation sites (N-methyl/N-ethyl adjacent to an activating group) is 1. The number of nitrogens with zero attached hydrogens (tertiary/aromatic N) is 2. The maximum atomic E-state index is 11.7. The molecule has 188 valence electrons. The summed E-state index contributed by atoms with van der Waals surface area (Å²) in [6.45, 7) is 12.1. The molecule has 2 aliphatic heterocycles. The summed E-state index contributed by atoms with van der Waals surface area (Å²) in [5.74, 6) is 0.891. The number of piperidine rings is 1. The third-order valence-electron chi connectivity index (χ3n) is 8.66. The topological polar surface area (TPSA) is 71.5 Å². The maximum Gasteiger partial charge on any atom is 0.224 e. The Kier molecular flexibility index (Phi) is 8.30. The third kappa shape index (κ3) is 5.83. The van der Waals surface area contributed by atoms with Crippen LogP contribution in [0.4, 0.5) is 0 Å². The van der Waals surface area contributed by atoms with Crippen LogP contribution in [0.5, 0.6) is 0 Å². The lowest BCUT2D eigenvalue weighted by Crippen LogP contribution is -2.56. The molecule has 6 nitrogen and oxygen atoms in total. The van der Waals surface area contributed by atoms with E-state index in [0.29, 0.717) is 24.3 Å². The minimum Gasteiger partial charge on any atom is -0.388 e. The Hall–Kier alpha value is -1.92. The highest BCUT2D eigenvalue weighted by Crippen LogP contribution is 2.34. The molecule has 0 aromatic rings. The second-order valence-electron chi connectivity index (χ2n) is 11.0. The van der Waals surface area contributed by atoms with Gasteiger partial charge in [0, 0.05) is 73.8 Å². The predicted octanol–water partition coefficient (Wildman–Crippen LogP) is 4.22. The number of carbonyl (C=O) groups is 1. The molecule has 1 saturated carbocycles. The molecule has 0 bridgehead atoms. The minimum absolute atomic E-state index is 0.0109. The zero-order valence-corrected chi connectivity index (χ0v) is 21.4. The van der Waals surface area contributed by atoms with E-state index < -0.39 is 0 Å². The van der Waals surface area contributed by atoms with Crippen molar-refractivity contribution < 1.29 is 4.79 Å². The molecule has 0 aromatic heterocycles. The Morgan fingerprint density at radius 3 is 2.62 bits per heavy atom. The van der Waals surface area contributed by atoms with Crippen LogP contribution in [-0.4, -0.2) is 66.7 Å². The van der Waals surface area contributed by atoms with Crippen molar-refractivity contribution in [1.82, 2.24) is 20.4 Å². The molecule has 0 radical (unpaired) electrons. The number of hydrogen-bond donors (Lipinski definition) is 3. The molecule has 2 aliphatic carbocycles. The van der Waals surface area contributed by atoms with Crippen molar-refractivity contribution in [2.24, 2.45) is 11.8 Å². The second-order valence-corrected chi connectivity index (χ2v) is 11.0. The first-order chi connectivity index (χ1) is 16.4. The molecule has 3 N–H and O–H groups in total. The van der Waals surface area contributed by atoms with Gasteiger partial charge in [-0.05, 0) is 51.1 Å². The number of carbonyl (C=O) groups excluding carboxylic acids is 1. The van der Waals surface area contributed by atoms with Crippen LogP contribution in [0, 0.1) is 17.2 Å². The number of piperazine rings is 1. The first kappa shape index (κ1) is 25.2. The number of amides is 1. The van der Waals surface area contributed by atoms with Gasteiger partial charge in [0.2, 0.25) is 5.91 Å². The predicted molar refractivity (Wildman–Crippen MR) is 140 cm³/mol. The largest absolute Gasteiger partial charge is 0.388 e. The molecule has 4 aliphatic rings. The standard InChI is InChI=1S/C28H45N5O/c1-21-23(11-12-26(34)31-21)27(29)24-13-14-28(2,20-25(24)30-3)33-18-16-32(17-19-33)15-7-10-22-8-5-4-6-9-22/h13,20,22-23,29-30H,1,4-12,14-19H2,2-3H3,(H,31,34). The van der Waals surface area contributed by atoms with Crippen LogP contribution in [0.25, 0.3) is 0 Å². The monoisotopic (exact) mass is 467 g/mol. The fourth-order valence-electron chi connectivity index (χ4n) is 6.39. The van der Waals surface area contributed by atoms with Gasteiger partial charge < -0.3 is 20.9 Å². The molecule has 3 fully saturated rings. The lowest BCUT2D eigenvalue weighted by atomic mass is 9.80. The zero-order valence-electron chi connectivity index (χ0n) is 21.4. The van der Waals surface area contributed by atoms with Crippen LogP contribution in [0.15, 0.2) is 35.7 Å². The summed E-state index contributed by atoms with van der Waals surface area (Å²) in [5.41, 5.74) is 3.18. The highest BCUT2D eigenvalue weighted by molar-refractivity contribution is 6.05. The molecular formula is C28H45N5O. The number of allylic oxidation sites excluding steroid dienone is 2. The van der Waals surface area contributed by atoms with E-state index in [4.69, 9.17) is 5.41 Å². The van der Waals surface area contributed by atoms with Gasteiger partial charge in [-0.1, -0.05) is 44.8 Å². The van der Waals surface area contributed by atoms with Gasteiger partial charge in [-0.15, -0.1) is 0 Å². The summed E-state index contributed by atoms with van der Waals surface area (Å²) >= 11 is 0. The Balaban J connectivity index is 1.29. The average molecular weight is 468 g/mol. The Morgan fingerprint density at radius 2 is 1.94 bits per heavy atom. The van der Waals surface area contributed by atoms with Gasteiger partial charge in [0.25, 0.3) is 0 Å². The van der Waals surface area contributed by atoms with Crippen molar-refractivity contribution in [1.29, 1.82) is 5.41 Å². The normalized spacial score (nSPS) is 29.9. The molecule has 2 atom stereocenters. The summed E-state index contributed by atoms with van der Waals surface area (Å²) < 4.78 is 0. The third-order valence-corrected chi connectivity index (χ3v) is 8.66. The lowest BCUT2D eigenvalue weighted by molar-refractivity contribution is -0.121. The average Bonchev–Trinajstić information content (AvgIpc) is 2.84. The van der Waals surface area contributed by atoms with Crippen molar-refractivity contribution in [2.45, 2.75) is 76.7 Å². The van der Waals surface area contributed by atoms with Crippen LogP contribution >= 0.6 is 0 Å². The van der Waals surface area contributed by atoms with E-state index in [0.717, 1.165) is 49.8 Å². The van der Waals surface area contributed by atoms with Crippen molar-refractivity contribution in [3.63, 3.8) is 0 Å².